The molecule has 0 saturated carbocycles. The molecule has 1 aliphatic carbocycles. The first-order valence-corrected chi connectivity index (χ1v) is 11.5. The molecule has 0 spiro atoms. The van der Waals surface area contributed by atoms with Crippen molar-refractivity contribution in [2.45, 2.75) is 50.0 Å². The van der Waals surface area contributed by atoms with E-state index in [-0.39, 0.29) is 17.9 Å². The molecule has 2 heterocycles. The number of hydrogen-bond donors (Lipinski definition) is 1. The first kappa shape index (κ1) is 18.9. The highest BCUT2D eigenvalue weighted by molar-refractivity contribution is 7.89. The van der Waals surface area contributed by atoms with E-state index >= 15 is 0 Å². The van der Waals surface area contributed by atoms with Gasteiger partial charge in [-0.25, -0.2) is 8.42 Å². The van der Waals surface area contributed by atoms with Gasteiger partial charge in [-0.1, -0.05) is 6.07 Å². The summed E-state index contributed by atoms with van der Waals surface area (Å²) in [4.78, 5) is 15.2. The number of rotatable bonds is 3. The number of amides is 1. The van der Waals surface area contributed by atoms with Crippen LogP contribution in [0.3, 0.4) is 0 Å². The third-order valence-electron chi connectivity index (χ3n) is 6.30. The quantitative estimate of drug-likeness (QED) is 0.846. The second-order valence-corrected chi connectivity index (χ2v) is 9.99. The number of aryl methyl sites for hydroxylation is 2. The first-order valence-electron chi connectivity index (χ1n) is 10.1. The fourth-order valence-corrected chi connectivity index (χ4v) is 6.12. The third-order valence-corrected chi connectivity index (χ3v) is 8.19. The average Bonchev–Trinajstić information content (AvgIpc) is 3.16. The predicted molar refractivity (Wildman–Crippen MR) is 104 cm³/mol. The Labute approximate surface area is 162 Å². The number of carbonyl (C=O) groups excluding carboxylic acids is 1. The van der Waals surface area contributed by atoms with Crippen LogP contribution in [-0.4, -0.2) is 62.3 Å². The molecule has 148 valence electrons. The van der Waals surface area contributed by atoms with Crippen LogP contribution < -0.4 is 5.32 Å². The standard InChI is InChI=1S/C20H29N3O3S/c1-15-14-21-9-12-23(15)20(24)17-7-10-22(11-8-17)27(25,26)19-6-5-16-3-2-4-18(16)13-19/h5-6,13,15,17,21H,2-4,7-12,14H2,1H3/t15-/m0/s1. The molecule has 0 bridgehead atoms. The van der Waals surface area contributed by atoms with Crippen molar-refractivity contribution in [1.82, 2.24) is 14.5 Å². The molecule has 0 aromatic heterocycles. The second kappa shape index (κ2) is 7.53. The van der Waals surface area contributed by atoms with E-state index in [0.717, 1.165) is 38.9 Å². The van der Waals surface area contributed by atoms with E-state index in [4.69, 9.17) is 0 Å². The van der Waals surface area contributed by atoms with Crippen molar-refractivity contribution in [3.8, 4) is 0 Å². The van der Waals surface area contributed by atoms with Gasteiger partial charge in [-0.05, 0) is 62.3 Å². The topological polar surface area (TPSA) is 69.7 Å². The van der Waals surface area contributed by atoms with Crippen molar-refractivity contribution in [3.05, 3.63) is 29.3 Å². The van der Waals surface area contributed by atoms with Gasteiger partial charge in [0.15, 0.2) is 0 Å². The van der Waals surface area contributed by atoms with E-state index in [2.05, 4.69) is 12.2 Å². The summed E-state index contributed by atoms with van der Waals surface area (Å²) in [6.45, 7) is 5.33. The molecule has 0 radical (unpaired) electrons. The van der Waals surface area contributed by atoms with E-state index in [1.165, 1.54) is 11.1 Å². The zero-order valence-corrected chi connectivity index (χ0v) is 16.8. The monoisotopic (exact) mass is 391 g/mol. The zero-order chi connectivity index (χ0) is 19.0. The smallest absolute Gasteiger partial charge is 0.243 e. The molecule has 7 heteroatoms. The minimum absolute atomic E-state index is 0.0583. The van der Waals surface area contributed by atoms with Crippen LogP contribution in [0.25, 0.3) is 0 Å². The molecule has 4 rings (SSSR count). The van der Waals surface area contributed by atoms with Gasteiger partial charge in [0.1, 0.15) is 0 Å². The lowest BCUT2D eigenvalue weighted by atomic mass is 9.95. The van der Waals surface area contributed by atoms with Crippen molar-refractivity contribution >= 4 is 15.9 Å². The summed E-state index contributed by atoms with van der Waals surface area (Å²) < 4.78 is 27.6. The minimum atomic E-state index is -3.47. The highest BCUT2D eigenvalue weighted by atomic mass is 32.2. The third kappa shape index (κ3) is 3.65. The largest absolute Gasteiger partial charge is 0.337 e. The van der Waals surface area contributed by atoms with Crippen LogP contribution in [0.4, 0.5) is 0 Å². The molecule has 1 N–H and O–H groups in total. The molecule has 2 saturated heterocycles. The lowest BCUT2D eigenvalue weighted by Gasteiger charge is -2.38. The maximum atomic E-state index is 13.0. The summed E-state index contributed by atoms with van der Waals surface area (Å²) in [5, 5.41) is 3.30. The summed E-state index contributed by atoms with van der Waals surface area (Å²) >= 11 is 0. The fourth-order valence-electron chi connectivity index (χ4n) is 4.60. The Kier molecular flexibility index (Phi) is 5.27. The number of nitrogens with zero attached hydrogens (tertiary/aromatic N) is 2. The van der Waals surface area contributed by atoms with Gasteiger partial charge in [0, 0.05) is 44.7 Å². The summed E-state index contributed by atoms with van der Waals surface area (Å²) in [5.74, 6) is 0.135. The van der Waals surface area contributed by atoms with Crippen LogP contribution in [0.5, 0.6) is 0 Å². The van der Waals surface area contributed by atoms with Crippen LogP contribution in [0.15, 0.2) is 23.1 Å². The SMILES string of the molecule is C[C@H]1CNCCN1C(=O)C1CCN(S(=O)(=O)c2ccc3c(c2)CCC3)CC1. The van der Waals surface area contributed by atoms with Gasteiger partial charge >= 0.3 is 0 Å². The number of hydrogen-bond acceptors (Lipinski definition) is 4. The van der Waals surface area contributed by atoms with Crippen LogP contribution in [0, 0.1) is 5.92 Å². The molecule has 27 heavy (non-hydrogen) atoms. The zero-order valence-electron chi connectivity index (χ0n) is 16.0. The number of nitrogens with one attached hydrogen (secondary N) is 1. The Bertz CT molecular complexity index is 816. The Balaban J connectivity index is 1.42. The number of benzene rings is 1. The van der Waals surface area contributed by atoms with Crippen molar-refractivity contribution in [2.75, 3.05) is 32.7 Å². The molecule has 0 unspecified atom stereocenters. The summed E-state index contributed by atoms with van der Waals surface area (Å²) in [5.41, 5.74) is 2.46. The fraction of sp³-hybridized carbons (Fsp3) is 0.650. The Hall–Kier alpha value is -1.44. The van der Waals surface area contributed by atoms with Crippen molar-refractivity contribution in [2.24, 2.45) is 5.92 Å². The van der Waals surface area contributed by atoms with Crippen LogP contribution in [0.1, 0.15) is 37.3 Å². The van der Waals surface area contributed by atoms with E-state index in [9.17, 15) is 13.2 Å². The number of sulfonamides is 1. The highest BCUT2D eigenvalue weighted by Crippen LogP contribution is 2.29. The highest BCUT2D eigenvalue weighted by Gasteiger charge is 2.35. The predicted octanol–water partition coefficient (Wildman–Crippen LogP) is 1.40. The molecule has 1 aromatic carbocycles. The lowest BCUT2D eigenvalue weighted by Crippen LogP contribution is -2.55. The summed E-state index contributed by atoms with van der Waals surface area (Å²) in [6, 6.07) is 5.78. The Morgan fingerprint density at radius 2 is 1.85 bits per heavy atom. The molecular formula is C20H29N3O3S. The van der Waals surface area contributed by atoms with Gasteiger partial charge in [0.2, 0.25) is 15.9 Å². The lowest BCUT2D eigenvalue weighted by molar-refractivity contribution is -0.139. The maximum Gasteiger partial charge on any atom is 0.243 e. The Morgan fingerprint density at radius 1 is 1.11 bits per heavy atom. The normalized spacial score (nSPS) is 24.8. The van der Waals surface area contributed by atoms with E-state index in [1.54, 1.807) is 10.4 Å². The van der Waals surface area contributed by atoms with Gasteiger partial charge in [-0.15, -0.1) is 0 Å². The van der Waals surface area contributed by atoms with Crippen LogP contribution in [-0.2, 0) is 27.7 Å². The maximum absolute atomic E-state index is 13.0. The van der Waals surface area contributed by atoms with Crippen LogP contribution in [0.2, 0.25) is 0 Å². The summed E-state index contributed by atoms with van der Waals surface area (Å²) in [7, 11) is -3.47. The second-order valence-electron chi connectivity index (χ2n) is 8.05. The van der Waals surface area contributed by atoms with Gasteiger partial charge in [-0.3, -0.25) is 4.79 Å². The molecule has 1 amide bonds. The number of carbonyl (C=O) groups is 1. The molecule has 6 nitrogen and oxygen atoms in total. The van der Waals surface area contributed by atoms with Crippen LogP contribution >= 0.6 is 0 Å². The first-order chi connectivity index (χ1) is 13.0. The summed E-state index contributed by atoms with van der Waals surface area (Å²) in [6.07, 6.45) is 4.35. The van der Waals surface area contributed by atoms with Gasteiger partial charge in [0.25, 0.3) is 0 Å². The molecule has 3 aliphatic rings. The minimum Gasteiger partial charge on any atom is -0.337 e. The average molecular weight is 392 g/mol. The molecule has 1 aromatic rings. The molecule has 1 atom stereocenters. The van der Waals surface area contributed by atoms with Crippen molar-refractivity contribution in [3.63, 3.8) is 0 Å². The van der Waals surface area contributed by atoms with E-state index in [1.807, 2.05) is 17.0 Å². The van der Waals surface area contributed by atoms with Gasteiger partial charge in [0.05, 0.1) is 4.90 Å². The molecule has 2 fully saturated rings. The van der Waals surface area contributed by atoms with Gasteiger partial charge < -0.3 is 10.2 Å². The van der Waals surface area contributed by atoms with Gasteiger partial charge in [-0.2, -0.15) is 4.31 Å². The number of piperidine rings is 1. The van der Waals surface area contributed by atoms with Crippen molar-refractivity contribution < 1.29 is 13.2 Å². The Morgan fingerprint density at radius 3 is 2.59 bits per heavy atom. The molecule has 2 aliphatic heterocycles. The van der Waals surface area contributed by atoms with E-state index in [0.29, 0.717) is 30.8 Å². The molecular weight excluding hydrogens is 362 g/mol. The number of piperazine rings is 1. The van der Waals surface area contributed by atoms with Crippen molar-refractivity contribution in [1.29, 1.82) is 0 Å². The van der Waals surface area contributed by atoms with E-state index < -0.39 is 10.0 Å². The number of fused-ring (bicyclic) bond motifs is 1.